The number of carbonyl (C=O) groups excluding carboxylic acids is 1. The third-order valence-electron chi connectivity index (χ3n) is 4.36. The molecule has 2 rings (SSSR count). The second-order valence-corrected chi connectivity index (χ2v) is 5.96. The number of rotatable bonds is 6. The van der Waals surface area contributed by atoms with Crippen LogP contribution in [0.15, 0.2) is 24.3 Å². The van der Waals surface area contributed by atoms with Gasteiger partial charge in [-0.25, -0.2) is 0 Å². The highest BCUT2D eigenvalue weighted by atomic mass is 16.5. The Hall–Kier alpha value is -1.55. The van der Waals surface area contributed by atoms with E-state index in [-0.39, 0.29) is 18.1 Å². The zero-order valence-corrected chi connectivity index (χ0v) is 13.4. The SMILES string of the molecule is CCC(C)CC(C)N1C(=O)CNC1c1ccc(OC)cc1. The second-order valence-electron chi connectivity index (χ2n) is 5.96. The van der Waals surface area contributed by atoms with Crippen LogP contribution in [0.3, 0.4) is 0 Å². The van der Waals surface area contributed by atoms with E-state index in [0.717, 1.165) is 24.2 Å². The number of nitrogens with one attached hydrogen (secondary N) is 1. The average Bonchev–Trinajstić information content (AvgIpc) is 2.89. The van der Waals surface area contributed by atoms with Crippen molar-refractivity contribution < 1.29 is 9.53 Å². The van der Waals surface area contributed by atoms with E-state index in [1.165, 1.54) is 0 Å². The van der Waals surface area contributed by atoms with E-state index >= 15 is 0 Å². The molecule has 3 unspecified atom stereocenters. The molecule has 0 bridgehead atoms. The minimum atomic E-state index is -0.0255. The number of benzene rings is 1. The standard InChI is InChI=1S/C17H26N2O2/c1-5-12(2)10-13(3)19-16(20)11-18-17(19)14-6-8-15(21-4)9-7-14/h6-9,12-13,17-18H,5,10-11H2,1-4H3. The molecule has 0 aliphatic carbocycles. The molecule has 1 heterocycles. The van der Waals surface area contributed by atoms with Crippen LogP contribution in [0.5, 0.6) is 5.75 Å². The molecule has 0 saturated carbocycles. The smallest absolute Gasteiger partial charge is 0.238 e. The van der Waals surface area contributed by atoms with Crippen molar-refractivity contribution in [3.8, 4) is 5.75 Å². The fraction of sp³-hybridized carbons (Fsp3) is 0.588. The molecule has 4 heteroatoms. The van der Waals surface area contributed by atoms with Crippen molar-refractivity contribution in [3.05, 3.63) is 29.8 Å². The van der Waals surface area contributed by atoms with Crippen LogP contribution in [-0.2, 0) is 4.79 Å². The van der Waals surface area contributed by atoms with Crippen molar-refractivity contribution in [2.75, 3.05) is 13.7 Å². The maximum absolute atomic E-state index is 12.2. The van der Waals surface area contributed by atoms with Gasteiger partial charge in [0.2, 0.25) is 5.91 Å². The summed E-state index contributed by atoms with van der Waals surface area (Å²) in [6.07, 6.45) is 2.16. The Morgan fingerprint density at radius 2 is 2.00 bits per heavy atom. The molecule has 116 valence electrons. The van der Waals surface area contributed by atoms with Gasteiger partial charge in [0.25, 0.3) is 0 Å². The molecular weight excluding hydrogens is 264 g/mol. The summed E-state index contributed by atoms with van der Waals surface area (Å²) in [4.78, 5) is 14.2. The number of amides is 1. The zero-order chi connectivity index (χ0) is 15.4. The largest absolute Gasteiger partial charge is 0.497 e. The highest BCUT2D eigenvalue weighted by Gasteiger charge is 2.35. The first kappa shape index (κ1) is 15.8. The quantitative estimate of drug-likeness (QED) is 0.876. The van der Waals surface area contributed by atoms with Gasteiger partial charge in [-0.05, 0) is 37.0 Å². The zero-order valence-electron chi connectivity index (χ0n) is 13.4. The van der Waals surface area contributed by atoms with Crippen LogP contribution in [0.25, 0.3) is 0 Å². The minimum absolute atomic E-state index is 0.0255. The van der Waals surface area contributed by atoms with Crippen LogP contribution in [0.1, 0.15) is 45.3 Å². The molecule has 0 spiro atoms. The number of carbonyl (C=O) groups is 1. The summed E-state index contributed by atoms with van der Waals surface area (Å²) in [6, 6.07) is 8.18. The number of methoxy groups -OCH3 is 1. The average molecular weight is 290 g/mol. The lowest BCUT2D eigenvalue weighted by Crippen LogP contribution is -2.38. The summed E-state index contributed by atoms with van der Waals surface area (Å²) in [5, 5.41) is 3.32. The fourth-order valence-electron chi connectivity index (χ4n) is 2.95. The molecule has 0 radical (unpaired) electrons. The molecule has 3 atom stereocenters. The number of hydrogen-bond donors (Lipinski definition) is 1. The minimum Gasteiger partial charge on any atom is -0.497 e. The summed E-state index contributed by atoms with van der Waals surface area (Å²) in [5.74, 6) is 1.65. The lowest BCUT2D eigenvalue weighted by Gasteiger charge is -2.32. The van der Waals surface area contributed by atoms with Crippen LogP contribution in [0.2, 0.25) is 0 Å². The van der Waals surface area contributed by atoms with E-state index in [4.69, 9.17) is 4.74 Å². The molecule has 1 N–H and O–H groups in total. The topological polar surface area (TPSA) is 41.6 Å². The highest BCUT2D eigenvalue weighted by molar-refractivity contribution is 5.81. The predicted octanol–water partition coefficient (Wildman–Crippen LogP) is 2.95. The molecule has 1 aliphatic heterocycles. The molecule has 1 saturated heterocycles. The molecule has 1 aliphatic rings. The second kappa shape index (κ2) is 6.94. The van der Waals surface area contributed by atoms with E-state index in [1.54, 1.807) is 7.11 Å². The van der Waals surface area contributed by atoms with Gasteiger partial charge in [0.05, 0.1) is 13.7 Å². The Kier molecular flexibility index (Phi) is 5.23. The van der Waals surface area contributed by atoms with Crippen molar-refractivity contribution in [2.24, 2.45) is 5.92 Å². The van der Waals surface area contributed by atoms with Crippen LogP contribution in [0, 0.1) is 5.92 Å². The Labute approximate surface area is 127 Å². The third kappa shape index (κ3) is 3.56. The summed E-state index contributed by atoms with van der Waals surface area (Å²) in [7, 11) is 1.66. The van der Waals surface area contributed by atoms with Gasteiger partial charge in [-0.3, -0.25) is 10.1 Å². The van der Waals surface area contributed by atoms with Crippen molar-refractivity contribution in [1.82, 2.24) is 10.2 Å². The van der Waals surface area contributed by atoms with Crippen molar-refractivity contribution in [1.29, 1.82) is 0 Å². The number of hydrogen-bond acceptors (Lipinski definition) is 3. The van der Waals surface area contributed by atoms with E-state index in [2.05, 4.69) is 26.1 Å². The summed E-state index contributed by atoms with van der Waals surface area (Å²) < 4.78 is 5.19. The predicted molar refractivity (Wildman–Crippen MR) is 84.1 cm³/mol. The van der Waals surface area contributed by atoms with E-state index in [1.807, 2.05) is 29.2 Å². The Bertz CT molecular complexity index is 472. The van der Waals surface area contributed by atoms with Crippen LogP contribution < -0.4 is 10.1 Å². The molecule has 21 heavy (non-hydrogen) atoms. The summed E-state index contributed by atoms with van der Waals surface area (Å²) in [6.45, 7) is 7.00. The molecule has 1 fully saturated rings. The van der Waals surface area contributed by atoms with Gasteiger partial charge < -0.3 is 9.64 Å². The van der Waals surface area contributed by atoms with Gasteiger partial charge in [-0.1, -0.05) is 32.4 Å². The van der Waals surface area contributed by atoms with Gasteiger partial charge in [-0.15, -0.1) is 0 Å². The number of ether oxygens (including phenoxy) is 1. The molecule has 1 amide bonds. The monoisotopic (exact) mass is 290 g/mol. The van der Waals surface area contributed by atoms with Crippen molar-refractivity contribution in [2.45, 2.75) is 45.8 Å². The Balaban J connectivity index is 2.15. The highest BCUT2D eigenvalue weighted by Crippen LogP contribution is 2.28. The lowest BCUT2D eigenvalue weighted by atomic mass is 9.98. The normalized spacial score (nSPS) is 21.4. The molecule has 1 aromatic rings. The van der Waals surface area contributed by atoms with Crippen molar-refractivity contribution >= 4 is 5.91 Å². The van der Waals surface area contributed by atoms with Gasteiger partial charge in [-0.2, -0.15) is 0 Å². The maximum atomic E-state index is 12.2. The first-order valence-electron chi connectivity index (χ1n) is 7.75. The van der Waals surface area contributed by atoms with Crippen LogP contribution in [-0.4, -0.2) is 30.5 Å². The van der Waals surface area contributed by atoms with E-state index in [0.29, 0.717) is 12.5 Å². The summed E-state index contributed by atoms with van der Waals surface area (Å²) in [5.41, 5.74) is 1.11. The molecular formula is C17H26N2O2. The maximum Gasteiger partial charge on any atom is 0.238 e. The molecule has 4 nitrogen and oxygen atoms in total. The van der Waals surface area contributed by atoms with Gasteiger partial charge in [0, 0.05) is 6.04 Å². The fourth-order valence-corrected chi connectivity index (χ4v) is 2.95. The first-order valence-corrected chi connectivity index (χ1v) is 7.75. The van der Waals surface area contributed by atoms with Crippen LogP contribution >= 0.6 is 0 Å². The first-order chi connectivity index (χ1) is 10.1. The third-order valence-corrected chi connectivity index (χ3v) is 4.36. The van der Waals surface area contributed by atoms with Gasteiger partial charge in [0.15, 0.2) is 0 Å². The lowest BCUT2D eigenvalue weighted by molar-refractivity contribution is -0.130. The Morgan fingerprint density at radius 3 is 2.57 bits per heavy atom. The number of nitrogens with zero attached hydrogens (tertiary/aromatic N) is 1. The van der Waals surface area contributed by atoms with Gasteiger partial charge in [0.1, 0.15) is 11.9 Å². The summed E-state index contributed by atoms with van der Waals surface area (Å²) >= 11 is 0. The van der Waals surface area contributed by atoms with Crippen molar-refractivity contribution in [3.63, 3.8) is 0 Å². The van der Waals surface area contributed by atoms with E-state index in [9.17, 15) is 4.79 Å². The van der Waals surface area contributed by atoms with E-state index < -0.39 is 0 Å². The van der Waals surface area contributed by atoms with Gasteiger partial charge >= 0.3 is 0 Å². The molecule has 0 aromatic heterocycles. The molecule has 1 aromatic carbocycles. The van der Waals surface area contributed by atoms with Crippen LogP contribution in [0.4, 0.5) is 0 Å². The Morgan fingerprint density at radius 1 is 1.33 bits per heavy atom.